The van der Waals surface area contributed by atoms with Crippen LogP contribution in [0, 0.1) is 18.8 Å². The third-order valence-corrected chi connectivity index (χ3v) is 7.24. The van der Waals surface area contributed by atoms with Crippen LogP contribution in [0.4, 0.5) is 0 Å². The molecule has 1 aliphatic heterocycles. The van der Waals surface area contributed by atoms with Crippen molar-refractivity contribution in [2.24, 2.45) is 16.8 Å². The molecule has 2 N–H and O–H groups in total. The number of aromatic nitrogens is 1. The number of hydrogen-bond donors (Lipinski definition) is 2. The Morgan fingerprint density at radius 1 is 1.34 bits per heavy atom. The van der Waals surface area contributed by atoms with Gasteiger partial charge in [-0.25, -0.2) is 4.98 Å². The molecule has 1 aromatic heterocycles. The number of nitrogens with one attached hydrogen (secondary N) is 1. The van der Waals surface area contributed by atoms with E-state index in [-0.39, 0.29) is 30.7 Å². The minimum atomic E-state index is -0.724. The molecule has 7 nitrogen and oxygen atoms in total. The number of nitrogens with zero attached hydrogens (tertiary/aromatic N) is 3. The summed E-state index contributed by atoms with van der Waals surface area (Å²) in [5, 5.41) is 13.3. The molecule has 0 radical (unpaired) electrons. The molecule has 0 aliphatic carbocycles. The highest BCUT2D eigenvalue weighted by atomic mass is 32.1. The summed E-state index contributed by atoms with van der Waals surface area (Å²) in [6.07, 6.45) is 4.66. The van der Waals surface area contributed by atoms with Crippen LogP contribution in [-0.4, -0.2) is 52.2 Å². The molecule has 8 heteroatoms. The smallest absolute Gasteiger partial charge is 0.243 e. The van der Waals surface area contributed by atoms with Crippen LogP contribution in [0.15, 0.2) is 58.7 Å². The molecule has 186 valence electrons. The zero-order chi connectivity index (χ0) is 25.5. The van der Waals surface area contributed by atoms with Crippen molar-refractivity contribution in [2.75, 3.05) is 6.54 Å². The minimum absolute atomic E-state index is 0.0333. The standard InChI is InChI=1S/C27H34N4O3S/c1-17(2)24(18(3)7-6-12-28-5)27(34)31-15-22(32)13-23(31)26(33)29-14-20-8-10-21(11-9-20)25-19(4)30-16-35-25/h6-12,16-17,22-24,32H,5,13-15H2,1-4H3,(H,29,33)/b12-6-,18-7+/t22-,23+,24-/m1/s1. The molecule has 1 fully saturated rings. The number of aliphatic imine (C=N–C) groups is 1. The largest absolute Gasteiger partial charge is 0.391 e. The summed E-state index contributed by atoms with van der Waals surface area (Å²) in [6.45, 7) is 11.8. The Bertz CT molecular complexity index is 1100. The second-order valence-electron chi connectivity index (χ2n) is 9.23. The first-order valence-corrected chi connectivity index (χ1v) is 12.7. The van der Waals surface area contributed by atoms with Gasteiger partial charge in [0.2, 0.25) is 11.8 Å². The summed E-state index contributed by atoms with van der Waals surface area (Å²) in [7, 11) is 0. The number of allylic oxidation sites excluding steroid dienone is 2. The minimum Gasteiger partial charge on any atom is -0.391 e. The predicted octanol–water partition coefficient (Wildman–Crippen LogP) is 4.13. The van der Waals surface area contributed by atoms with Gasteiger partial charge in [-0.2, -0.15) is 0 Å². The molecular weight excluding hydrogens is 460 g/mol. The number of aliphatic hydroxyl groups is 1. The highest BCUT2D eigenvalue weighted by Crippen LogP contribution is 2.29. The van der Waals surface area contributed by atoms with Crippen molar-refractivity contribution in [1.29, 1.82) is 0 Å². The van der Waals surface area contributed by atoms with Crippen LogP contribution < -0.4 is 5.32 Å². The van der Waals surface area contributed by atoms with E-state index in [1.807, 2.05) is 63.5 Å². The molecule has 1 aliphatic rings. The van der Waals surface area contributed by atoms with Crippen LogP contribution >= 0.6 is 11.3 Å². The number of aliphatic hydroxyl groups excluding tert-OH is 1. The van der Waals surface area contributed by atoms with Crippen LogP contribution in [0.25, 0.3) is 10.4 Å². The lowest BCUT2D eigenvalue weighted by Crippen LogP contribution is -2.48. The lowest BCUT2D eigenvalue weighted by atomic mass is 9.87. The van der Waals surface area contributed by atoms with Gasteiger partial charge in [0.05, 0.1) is 28.1 Å². The predicted molar refractivity (Wildman–Crippen MR) is 141 cm³/mol. The van der Waals surface area contributed by atoms with E-state index in [1.165, 1.54) is 4.90 Å². The Kier molecular flexibility index (Phi) is 9.12. The molecule has 35 heavy (non-hydrogen) atoms. The van der Waals surface area contributed by atoms with Gasteiger partial charge in [-0.05, 0) is 43.7 Å². The first-order chi connectivity index (χ1) is 16.7. The Hall–Kier alpha value is -3.10. The number of aryl methyl sites for hydroxylation is 1. The molecule has 3 rings (SSSR count). The van der Waals surface area contributed by atoms with Crippen molar-refractivity contribution >= 4 is 29.9 Å². The van der Waals surface area contributed by atoms with Gasteiger partial charge in [0, 0.05) is 25.7 Å². The van der Waals surface area contributed by atoms with E-state index in [4.69, 9.17) is 0 Å². The van der Waals surface area contributed by atoms with Crippen molar-refractivity contribution in [3.8, 4) is 10.4 Å². The number of carbonyl (C=O) groups is 2. The molecule has 0 saturated carbocycles. The van der Waals surface area contributed by atoms with Crippen LogP contribution in [0.2, 0.25) is 0 Å². The zero-order valence-electron chi connectivity index (χ0n) is 20.8. The Balaban J connectivity index is 1.68. The molecule has 1 saturated heterocycles. The normalized spacial score (nSPS) is 19.4. The van der Waals surface area contributed by atoms with Gasteiger partial charge in [0.15, 0.2) is 0 Å². The maximum absolute atomic E-state index is 13.5. The first kappa shape index (κ1) is 26.5. The van der Waals surface area contributed by atoms with Crippen LogP contribution in [0.1, 0.15) is 38.4 Å². The molecule has 2 aromatic rings. The van der Waals surface area contributed by atoms with Crippen molar-refractivity contribution in [3.05, 3.63) is 65.0 Å². The second kappa shape index (κ2) is 12.0. The number of hydrogen-bond acceptors (Lipinski definition) is 6. The lowest BCUT2D eigenvalue weighted by molar-refractivity contribution is -0.141. The number of likely N-dealkylation sites (tertiary alicyclic amines) is 1. The van der Waals surface area contributed by atoms with Crippen molar-refractivity contribution in [3.63, 3.8) is 0 Å². The molecule has 3 atom stereocenters. The van der Waals surface area contributed by atoms with Crippen LogP contribution in [0.5, 0.6) is 0 Å². The van der Waals surface area contributed by atoms with Gasteiger partial charge in [0.1, 0.15) is 6.04 Å². The second-order valence-corrected chi connectivity index (χ2v) is 10.1. The maximum Gasteiger partial charge on any atom is 0.243 e. The molecular formula is C27H34N4O3S. The summed E-state index contributed by atoms with van der Waals surface area (Å²) < 4.78 is 0. The number of carbonyl (C=O) groups excluding carboxylic acids is 2. The average Bonchev–Trinajstić information content (AvgIpc) is 3.43. The number of β-amino-alcohol motifs (C(OH)–C–C–N with tert-alkyl or cyclic N) is 1. The SMILES string of the molecule is C=N/C=C\C=C(/C)[C@H](C(=O)N1C[C@H](O)C[C@H]1C(=O)NCc1ccc(-c2scnc2C)cc1)C(C)C. The van der Waals surface area contributed by atoms with E-state index in [2.05, 4.69) is 22.0 Å². The number of rotatable bonds is 9. The molecule has 0 unspecified atom stereocenters. The van der Waals surface area contributed by atoms with Crippen LogP contribution in [0.3, 0.4) is 0 Å². The fourth-order valence-electron chi connectivity index (χ4n) is 4.51. The number of thiazole rings is 1. The van der Waals surface area contributed by atoms with E-state index >= 15 is 0 Å². The van der Waals surface area contributed by atoms with Crippen LogP contribution in [-0.2, 0) is 16.1 Å². The van der Waals surface area contributed by atoms with Gasteiger partial charge >= 0.3 is 0 Å². The summed E-state index contributed by atoms with van der Waals surface area (Å²) in [4.78, 5) is 37.2. The average molecular weight is 495 g/mol. The first-order valence-electron chi connectivity index (χ1n) is 11.8. The van der Waals surface area contributed by atoms with Crippen molar-refractivity contribution < 1.29 is 14.7 Å². The molecule has 0 spiro atoms. The van der Waals surface area contributed by atoms with Gasteiger partial charge in [0.25, 0.3) is 0 Å². The van der Waals surface area contributed by atoms with Crippen molar-refractivity contribution in [1.82, 2.24) is 15.2 Å². The van der Waals surface area contributed by atoms with Gasteiger partial charge < -0.3 is 15.3 Å². The Morgan fingerprint density at radius 2 is 2.06 bits per heavy atom. The van der Waals surface area contributed by atoms with E-state index in [9.17, 15) is 14.7 Å². The Morgan fingerprint density at radius 3 is 2.66 bits per heavy atom. The third-order valence-electron chi connectivity index (χ3n) is 6.27. The summed E-state index contributed by atoms with van der Waals surface area (Å²) in [5.74, 6) is -0.759. The monoisotopic (exact) mass is 494 g/mol. The summed E-state index contributed by atoms with van der Waals surface area (Å²) in [5.41, 5.74) is 5.76. The highest BCUT2D eigenvalue weighted by Gasteiger charge is 2.41. The van der Waals surface area contributed by atoms with Gasteiger partial charge in [-0.3, -0.25) is 14.6 Å². The molecule has 2 heterocycles. The lowest BCUT2D eigenvalue weighted by Gasteiger charge is -2.30. The highest BCUT2D eigenvalue weighted by molar-refractivity contribution is 7.13. The summed E-state index contributed by atoms with van der Waals surface area (Å²) in [6, 6.07) is 7.31. The molecule has 0 bridgehead atoms. The van der Waals surface area contributed by atoms with E-state index in [0.29, 0.717) is 6.54 Å². The van der Waals surface area contributed by atoms with Gasteiger partial charge in [-0.1, -0.05) is 49.8 Å². The fourth-order valence-corrected chi connectivity index (χ4v) is 5.32. The van der Waals surface area contributed by atoms with E-state index in [1.54, 1.807) is 23.6 Å². The van der Waals surface area contributed by atoms with Crippen molar-refractivity contribution in [2.45, 2.75) is 52.8 Å². The topological polar surface area (TPSA) is 94.9 Å². The molecule has 1 aromatic carbocycles. The fraction of sp³-hybridized carbons (Fsp3) is 0.407. The Labute approximate surface area is 211 Å². The number of benzene rings is 1. The molecule has 2 amide bonds. The third kappa shape index (κ3) is 6.52. The maximum atomic E-state index is 13.5. The van der Waals surface area contributed by atoms with Gasteiger partial charge in [-0.15, -0.1) is 11.3 Å². The van der Waals surface area contributed by atoms with E-state index < -0.39 is 18.1 Å². The number of amides is 2. The summed E-state index contributed by atoms with van der Waals surface area (Å²) >= 11 is 1.60. The quantitative estimate of drug-likeness (QED) is 0.405. The zero-order valence-corrected chi connectivity index (χ0v) is 21.6. The van der Waals surface area contributed by atoms with E-state index in [0.717, 1.165) is 27.3 Å².